The molecule has 0 unspecified atom stereocenters. The predicted octanol–water partition coefficient (Wildman–Crippen LogP) is 4.07. The maximum absolute atomic E-state index is 12.1. The van der Waals surface area contributed by atoms with E-state index in [0.717, 1.165) is 54.7 Å². The van der Waals surface area contributed by atoms with Crippen LogP contribution in [-0.4, -0.2) is 34.9 Å². The van der Waals surface area contributed by atoms with Gasteiger partial charge in [0.05, 0.1) is 6.42 Å². The van der Waals surface area contributed by atoms with E-state index >= 15 is 0 Å². The Kier molecular flexibility index (Phi) is 6.56. The first kappa shape index (κ1) is 20.0. The van der Waals surface area contributed by atoms with Crippen LogP contribution in [0.25, 0.3) is 0 Å². The van der Waals surface area contributed by atoms with Gasteiger partial charge in [0, 0.05) is 42.5 Å². The summed E-state index contributed by atoms with van der Waals surface area (Å²) in [6.07, 6.45) is 3.42. The van der Waals surface area contributed by atoms with Gasteiger partial charge in [-0.1, -0.05) is 35.9 Å². The fraction of sp³-hybridized carbons (Fsp3) is 0.409. The highest BCUT2D eigenvalue weighted by atomic mass is 32.1. The molecule has 29 heavy (non-hydrogen) atoms. The van der Waals surface area contributed by atoms with E-state index in [1.807, 2.05) is 17.5 Å². The van der Waals surface area contributed by atoms with Crippen molar-refractivity contribution in [1.29, 1.82) is 0 Å². The van der Waals surface area contributed by atoms with Crippen molar-refractivity contribution >= 4 is 33.9 Å². The molecule has 3 aromatic rings. The lowest BCUT2D eigenvalue weighted by molar-refractivity contribution is -0.120. The second-order valence-corrected chi connectivity index (χ2v) is 9.41. The third-order valence-corrected chi connectivity index (χ3v) is 7.02. The van der Waals surface area contributed by atoms with Crippen LogP contribution in [0.1, 0.15) is 34.7 Å². The van der Waals surface area contributed by atoms with Crippen LogP contribution in [0.5, 0.6) is 0 Å². The second-order valence-electron chi connectivity index (χ2n) is 7.65. The van der Waals surface area contributed by atoms with Crippen LogP contribution in [0.2, 0.25) is 0 Å². The number of aryl methyl sites for hydroxylation is 1. The first-order chi connectivity index (χ1) is 14.2. The van der Waals surface area contributed by atoms with Crippen LogP contribution in [0, 0.1) is 12.8 Å². The van der Waals surface area contributed by atoms with E-state index in [0.29, 0.717) is 12.3 Å². The van der Waals surface area contributed by atoms with Gasteiger partial charge in [0.15, 0.2) is 0 Å². The maximum atomic E-state index is 12.1. The average Bonchev–Trinajstić information content (AvgIpc) is 3.41. The monoisotopic (exact) mass is 426 g/mol. The van der Waals surface area contributed by atoms with Gasteiger partial charge in [-0.15, -0.1) is 11.3 Å². The minimum absolute atomic E-state index is 0.125. The summed E-state index contributed by atoms with van der Waals surface area (Å²) >= 11 is 3.13. The van der Waals surface area contributed by atoms with Crippen molar-refractivity contribution in [3.63, 3.8) is 0 Å². The fourth-order valence-corrected chi connectivity index (χ4v) is 4.99. The minimum Gasteiger partial charge on any atom is -0.356 e. The number of carbonyl (C=O) groups excluding carboxylic acids is 1. The van der Waals surface area contributed by atoms with Gasteiger partial charge in [-0.25, -0.2) is 4.98 Å². The van der Waals surface area contributed by atoms with Gasteiger partial charge in [0.1, 0.15) is 5.82 Å². The van der Waals surface area contributed by atoms with Gasteiger partial charge >= 0.3 is 0 Å². The molecule has 152 valence electrons. The number of piperidine rings is 1. The highest BCUT2D eigenvalue weighted by molar-refractivity contribution is 7.10. The molecule has 3 heterocycles. The highest BCUT2D eigenvalue weighted by Gasteiger charge is 2.22. The molecule has 0 aliphatic carbocycles. The molecule has 2 aromatic heterocycles. The lowest BCUT2D eigenvalue weighted by Crippen LogP contribution is -2.39. The zero-order valence-corrected chi connectivity index (χ0v) is 18.3. The van der Waals surface area contributed by atoms with Crippen LogP contribution < -0.4 is 10.2 Å². The van der Waals surface area contributed by atoms with Crippen molar-refractivity contribution in [3.05, 3.63) is 63.6 Å². The van der Waals surface area contributed by atoms with E-state index in [1.165, 1.54) is 22.7 Å². The first-order valence-electron chi connectivity index (χ1n) is 10.1. The Morgan fingerprint density at radius 2 is 2.00 bits per heavy atom. The Hall–Kier alpha value is -2.25. The Labute approximate surface area is 180 Å². The van der Waals surface area contributed by atoms with Gasteiger partial charge in [0.2, 0.25) is 11.0 Å². The van der Waals surface area contributed by atoms with Gasteiger partial charge in [-0.05, 0) is 42.7 Å². The summed E-state index contributed by atoms with van der Waals surface area (Å²) in [7, 11) is 0. The highest BCUT2D eigenvalue weighted by Crippen LogP contribution is 2.25. The number of carbonyl (C=O) groups is 1. The van der Waals surface area contributed by atoms with E-state index in [4.69, 9.17) is 4.98 Å². The number of hydrogen-bond donors (Lipinski definition) is 1. The third kappa shape index (κ3) is 5.64. The topological polar surface area (TPSA) is 58.1 Å². The SMILES string of the molecule is Cc1ccc(Cc2nsc(N3CCC(CNC(=O)Cc4cccs4)CC3)n2)cc1. The van der Waals surface area contributed by atoms with Gasteiger partial charge in [-0.2, -0.15) is 4.37 Å². The lowest BCUT2D eigenvalue weighted by atomic mass is 9.97. The minimum atomic E-state index is 0.125. The average molecular weight is 427 g/mol. The molecule has 0 spiro atoms. The van der Waals surface area contributed by atoms with Crippen LogP contribution in [0.15, 0.2) is 41.8 Å². The zero-order valence-electron chi connectivity index (χ0n) is 16.6. The Bertz CT molecular complexity index is 913. The molecule has 0 bridgehead atoms. The fourth-order valence-electron chi connectivity index (χ4n) is 3.55. The molecule has 1 aliphatic heterocycles. The molecule has 1 N–H and O–H groups in total. The Morgan fingerprint density at radius 1 is 1.21 bits per heavy atom. The second kappa shape index (κ2) is 9.50. The van der Waals surface area contributed by atoms with Crippen molar-refractivity contribution in [1.82, 2.24) is 14.7 Å². The summed E-state index contributed by atoms with van der Waals surface area (Å²) in [5, 5.41) is 6.14. The van der Waals surface area contributed by atoms with Crippen LogP contribution in [-0.2, 0) is 17.6 Å². The summed E-state index contributed by atoms with van der Waals surface area (Å²) in [5.74, 6) is 1.56. The number of nitrogens with one attached hydrogen (secondary N) is 1. The number of aromatic nitrogens is 2. The van der Waals surface area contributed by atoms with E-state index in [1.54, 1.807) is 11.3 Å². The molecule has 1 fully saturated rings. The number of benzene rings is 1. The zero-order chi connectivity index (χ0) is 20.1. The summed E-state index contributed by atoms with van der Waals surface area (Å²) in [5.41, 5.74) is 2.52. The predicted molar refractivity (Wildman–Crippen MR) is 120 cm³/mol. The van der Waals surface area contributed by atoms with Gasteiger partial charge < -0.3 is 10.2 Å². The van der Waals surface area contributed by atoms with Crippen LogP contribution in [0.3, 0.4) is 0 Å². The molecule has 1 amide bonds. The lowest BCUT2D eigenvalue weighted by Gasteiger charge is -2.31. The molecule has 1 aliphatic rings. The molecular formula is C22H26N4OS2. The van der Waals surface area contributed by atoms with Crippen molar-refractivity contribution in [2.24, 2.45) is 5.92 Å². The molecular weight excluding hydrogens is 400 g/mol. The summed E-state index contributed by atoms with van der Waals surface area (Å²) in [6, 6.07) is 12.6. The van der Waals surface area contributed by atoms with Crippen molar-refractivity contribution < 1.29 is 4.79 Å². The number of nitrogens with zero attached hydrogens (tertiary/aromatic N) is 3. The molecule has 0 saturated carbocycles. The molecule has 5 nitrogen and oxygen atoms in total. The molecule has 1 saturated heterocycles. The number of anilines is 1. The van der Waals surface area contributed by atoms with Crippen molar-refractivity contribution in [3.8, 4) is 0 Å². The largest absolute Gasteiger partial charge is 0.356 e. The maximum Gasteiger partial charge on any atom is 0.225 e. The van der Waals surface area contributed by atoms with E-state index in [-0.39, 0.29) is 5.91 Å². The normalized spacial score (nSPS) is 14.9. The van der Waals surface area contributed by atoms with Gasteiger partial charge in [-0.3, -0.25) is 4.79 Å². The molecule has 1 aromatic carbocycles. The van der Waals surface area contributed by atoms with Crippen molar-refractivity contribution in [2.75, 3.05) is 24.5 Å². The number of amides is 1. The van der Waals surface area contributed by atoms with Crippen LogP contribution >= 0.6 is 22.9 Å². The molecule has 0 radical (unpaired) electrons. The summed E-state index contributed by atoms with van der Waals surface area (Å²) < 4.78 is 4.56. The van der Waals surface area contributed by atoms with Gasteiger partial charge in [0.25, 0.3) is 0 Å². The van der Waals surface area contributed by atoms with E-state index in [2.05, 4.69) is 45.8 Å². The van der Waals surface area contributed by atoms with E-state index < -0.39 is 0 Å². The number of rotatable bonds is 7. The summed E-state index contributed by atoms with van der Waals surface area (Å²) in [6.45, 7) is 4.82. The first-order valence-corrected chi connectivity index (χ1v) is 11.7. The van der Waals surface area contributed by atoms with E-state index in [9.17, 15) is 4.79 Å². The van der Waals surface area contributed by atoms with Crippen LogP contribution in [0.4, 0.5) is 5.13 Å². The quantitative estimate of drug-likeness (QED) is 0.619. The van der Waals surface area contributed by atoms with Crippen molar-refractivity contribution in [2.45, 2.75) is 32.6 Å². The Balaban J connectivity index is 1.22. The summed E-state index contributed by atoms with van der Waals surface area (Å²) in [4.78, 5) is 20.3. The number of hydrogen-bond acceptors (Lipinski definition) is 6. The number of thiophene rings is 1. The molecule has 4 rings (SSSR count). The standard InChI is InChI=1S/C22H26N4OS2/c1-16-4-6-17(7-5-16)13-20-24-22(29-25-20)26-10-8-18(9-11-26)15-23-21(27)14-19-3-2-12-28-19/h2-7,12,18H,8-11,13-15H2,1H3,(H,23,27). The smallest absolute Gasteiger partial charge is 0.225 e. The molecule has 0 atom stereocenters. The Morgan fingerprint density at radius 3 is 2.72 bits per heavy atom. The third-order valence-electron chi connectivity index (χ3n) is 5.33. The molecule has 7 heteroatoms.